The number of carbonyl (C=O) groups excluding carboxylic acids is 1. The SMILES string of the molecule is CCCCCCCCCCCCOc1cc(C(=O)[O-])cc(OCCCCCCCCCCCC)c1OCCCCCCCCCCCC.[Li+]. The molecule has 0 amide bonds. The molecular formula is C43H77LiO5. The summed E-state index contributed by atoms with van der Waals surface area (Å²) in [4.78, 5) is 11.9. The van der Waals surface area contributed by atoms with Gasteiger partial charge < -0.3 is 24.1 Å². The van der Waals surface area contributed by atoms with Gasteiger partial charge >= 0.3 is 18.9 Å². The number of carbonyl (C=O) groups is 1. The van der Waals surface area contributed by atoms with Crippen molar-refractivity contribution >= 4 is 5.97 Å². The zero-order valence-electron chi connectivity index (χ0n) is 33.0. The summed E-state index contributed by atoms with van der Waals surface area (Å²) in [7, 11) is 0. The van der Waals surface area contributed by atoms with Crippen molar-refractivity contribution in [3.63, 3.8) is 0 Å². The number of unbranched alkanes of at least 4 members (excludes halogenated alkanes) is 27. The molecule has 0 N–H and O–H groups in total. The van der Waals surface area contributed by atoms with Crippen molar-refractivity contribution in [2.24, 2.45) is 0 Å². The van der Waals surface area contributed by atoms with E-state index in [0.29, 0.717) is 37.1 Å². The molecule has 49 heavy (non-hydrogen) atoms. The van der Waals surface area contributed by atoms with Gasteiger partial charge in [0.25, 0.3) is 0 Å². The van der Waals surface area contributed by atoms with Crippen molar-refractivity contribution < 1.29 is 43.0 Å². The molecule has 6 heteroatoms. The van der Waals surface area contributed by atoms with E-state index < -0.39 is 5.97 Å². The fourth-order valence-corrected chi connectivity index (χ4v) is 6.36. The quantitative estimate of drug-likeness (QED) is 0.0517. The Labute approximate surface area is 316 Å². The van der Waals surface area contributed by atoms with Crippen molar-refractivity contribution in [2.45, 2.75) is 213 Å². The van der Waals surface area contributed by atoms with Crippen LogP contribution in [0.2, 0.25) is 0 Å². The molecule has 1 aromatic carbocycles. The van der Waals surface area contributed by atoms with Crippen LogP contribution in [0.3, 0.4) is 0 Å². The van der Waals surface area contributed by atoms with Crippen molar-refractivity contribution in [1.29, 1.82) is 0 Å². The molecular weight excluding hydrogens is 603 g/mol. The molecule has 0 aromatic heterocycles. The maximum atomic E-state index is 11.9. The number of carboxylic acid groups (broad SMARTS) is 1. The van der Waals surface area contributed by atoms with E-state index in [1.54, 1.807) is 12.1 Å². The second-order valence-corrected chi connectivity index (χ2v) is 14.2. The number of aromatic carboxylic acids is 1. The summed E-state index contributed by atoms with van der Waals surface area (Å²) in [6.07, 6.45) is 37.8. The zero-order valence-corrected chi connectivity index (χ0v) is 33.0. The van der Waals surface area contributed by atoms with E-state index >= 15 is 0 Å². The van der Waals surface area contributed by atoms with Crippen LogP contribution in [0.15, 0.2) is 12.1 Å². The smallest absolute Gasteiger partial charge is 0.545 e. The van der Waals surface area contributed by atoms with Crippen LogP contribution in [0.4, 0.5) is 0 Å². The van der Waals surface area contributed by atoms with E-state index in [1.807, 2.05) is 0 Å². The van der Waals surface area contributed by atoms with Gasteiger partial charge in [-0.25, -0.2) is 0 Å². The summed E-state index contributed by atoms with van der Waals surface area (Å²) >= 11 is 0. The van der Waals surface area contributed by atoms with Crippen molar-refractivity contribution in [1.82, 2.24) is 0 Å². The summed E-state index contributed by atoms with van der Waals surface area (Å²) < 4.78 is 18.7. The van der Waals surface area contributed by atoms with E-state index in [2.05, 4.69) is 20.8 Å². The van der Waals surface area contributed by atoms with E-state index in [4.69, 9.17) is 14.2 Å². The van der Waals surface area contributed by atoms with E-state index in [0.717, 1.165) is 38.5 Å². The van der Waals surface area contributed by atoms with E-state index in [1.165, 1.54) is 154 Å². The fourth-order valence-electron chi connectivity index (χ4n) is 6.36. The van der Waals surface area contributed by atoms with Crippen LogP contribution in [0, 0.1) is 0 Å². The van der Waals surface area contributed by atoms with Gasteiger partial charge in [0.15, 0.2) is 11.5 Å². The van der Waals surface area contributed by atoms with Gasteiger partial charge in [0.05, 0.1) is 25.8 Å². The molecule has 0 saturated carbocycles. The van der Waals surface area contributed by atoms with Crippen LogP contribution in [0.5, 0.6) is 17.2 Å². The normalized spacial score (nSPS) is 11.0. The minimum absolute atomic E-state index is 0. The maximum Gasteiger partial charge on any atom is 1.00 e. The molecule has 1 rings (SSSR count). The first-order valence-electron chi connectivity index (χ1n) is 20.9. The van der Waals surface area contributed by atoms with Crippen molar-refractivity contribution in [2.75, 3.05) is 19.8 Å². The molecule has 0 aliphatic heterocycles. The molecule has 1 aromatic rings. The summed E-state index contributed by atoms with van der Waals surface area (Å²) in [5, 5.41) is 11.9. The minimum atomic E-state index is -1.22. The Kier molecular flexibility index (Phi) is 35.5. The third-order valence-electron chi connectivity index (χ3n) is 9.51. The van der Waals surface area contributed by atoms with Gasteiger partial charge in [0, 0.05) is 5.56 Å². The second-order valence-electron chi connectivity index (χ2n) is 14.2. The third-order valence-corrected chi connectivity index (χ3v) is 9.51. The first-order chi connectivity index (χ1) is 23.6. The van der Waals surface area contributed by atoms with Crippen LogP contribution >= 0.6 is 0 Å². The summed E-state index contributed by atoms with van der Waals surface area (Å²) in [6.45, 7) is 8.44. The predicted molar refractivity (Wildman–Crippen MR) is 203 cm³/mol. The number of carboxylic acids is 1. The Morgan fingerprint density at radius 2 is 0.673 bits per heavy atom. The Balaban J connectivity index is 0.0000230. The topological polar surface area (TPSA) is 67.8 Å². The first-order valence-corrected chi connectivity index (χ1v) is 20.9. The molecule has 0 bridgehead atoms. The fraction of sp³-hybridized carbons (Fsp3) is 0.837. The summed E-state index contributed by atoms with van der Waals surface area (Å²) in [5.41, 5.74) is 0.0810. The van der Waals surface area contributed by atoms with Crippen LogP contribution in [-0.2, 0) is 0 Å². The van der Waals surface area contributed by atoms with E-state index in [9.17, 15) is 9.90 Å². The minimum Gasteiger partial charge on any atom is -0.545 e. The Bertz CT molecular complexity index is 814. The molecule has 0 radical (unpaired) electrons. The monoisotopic (exact) mass is 681 g/mol. The van der Waals surface area contributed by atoms with Gasteiger partial charge in [-0.1, -0.05) is 194 Å². The van der Waals surface area contributed by atoms with Crippen molar-refractivity contribution in [3.05, 3.63) is 17.7 Å². The molecule has 5 nitrogen and oxygen atoms in total. The Morgan fingerprint density at radius 3 is 0.939 bits per heavy atom. The second kappa shape index (κ2) is 36.5. The molecule has 0 fully saturated rings. The molecule has 0 spiro atoms. The molecule has 0 heterocycles. The predicted octanol–water partition coefficient (Wildman–Crippen LogP) is 9.95. The van der Waals surface area contributed by atoms with Gasteiger partial charge in [-0.15, -0.1) is 0 Å². The van der Waals surface area contributed by atoms with E-state index in [-0.39, 0.29) is 24.4 Å². The maximum absolute atomic E-state index is 11.9. The van der Waals surface area contributed by atoms with Crippen LogP contribution < -0.4 is 38.2 Å². The van der Waals surface area contributed by atoms with Gasteiger partial charge in [0.1, 0.15) is 0 Å². The molecule has 280 valence electrons. The number of hydrogen-bond acceptors (Lipinski definition) is 5. The van der Waals surface area contributed by atoms with Crippen LogP contribution in [0.1, 0.15) is 224 Å². The molecule has 0 aliphatic carbocycles. The summed E-state index contributed by atoms with van der Waals surface area (Å²) in [5.74, 6) is 0.273. The Morgan fingerprint density at radius 1 is 0.429 bits per heavy atom. The largest absolute Gasteiger partial charge is 1.00 e. The molecule has 0 atom stereocenters. The number of ether oxygens (including phenoxy) is 3. The van der Waals surface area contributed by atoms with Crippen LogP contribution in [0.25, 0.3) is 0 Å². The van der Waals surface area contributed by atoms with Gasteiger partial charge in [-0.2, -0.15) is 0 Å². The zero-order chi connectivity index (χ0) is 34.8. The van der Waals surface area contributed by atoms with Gasteiger partial charge in [0.2, 0.25) is 5.75 Å². The first kappa shape index (κ1) is 47.7. The van der Waals surface area contributed by atoms with Crippen LogP contribution in [-0.4, -0.2) is 25.8 Å². The molecule has 0 unspecified atom stereocenters. The van der Waals surface area contributed by atoms with Gasteiger partial charge in [-0.05, 0) is 31.4 Å². The van der Waals surface area contributed by atoms with Gasteiger partial charge in [-0.3, -0.25) is 0 Å². The standard InChI is InChI=1S/C43H78O5.Li/c1-4-7-10-13-16-19-22-25-28-31-34-46-40-37-39(43(44)45)38-41(47-35-32-29-26-23-20-17-14-11-8-5-2)42(40)48-36-33-30-27-24-21-18-15-12-9-6-3;/h37-38H,4-36H2,1-3H3,(H,44,45);/q;+1/p-1. The third kappa shape index (κ3) is 28.0. The Hall–Kier alpha value is -1.31. The molecule has 0 aliphatic rings. The number of hydrogen-bond donors (Lipinski definition) is 0. The molecule has 0 saturated heterocycles. The average molecular weight is 681 g/mol. The average Bonchev–Trinajstić information content (AvgIpc) is 3.08. The number of benzene rings is 1. The summed E-state index contributed by atoms with van der Waals surface area (Å²) in [6, 6.07) is 3.12. The van der Waals surface area contributed by atoms with Crippen molar-refractivity contribution in [3.8, 4) is 17.2 Å². The number of rotatable bonds is 37.